The van der Waals surface area contributed by atoms with Gasteiger partial charge >= 0.3 is 0 Å². The number of rotatable bonds is 3. The van der Waals surface area contributed by atoms with Crippen molar-refractivity contribution in [2.24, 2.45) is 5.92 Å². The van der Waals surface area contributed by atoms with Crippen LogP contribution in [0, 0.1) is 5.92 Å². The molecule has 1 aromatic heterocycles. The number of aromatic nitrogens is 2. The third-order valence-corrected chi connectivity index (χ3v) is 2.75. The molecule has 1 aromatic carbocycles. The van der Waals surface area contributed by atoms with Gasteiger partial charge in [0.1, 0.15) is 0 Å². The van der Waals surface area contributed by atoms with Crippen LogP contribution in [0.15, 0.2) is 24.5 Å². The number of benzene rings is 1. The first-order valence-corrected chi connectivity index (χ1v) is 5.77. The molecular formula is C13H17N3O. The maximum atomic E-state index is 11.9. The molecule has 0 aliphatic heterocycles. The predicted molar refractivity (Wildman–Crippen MR) is 69.0 cm³/mol. The minimum Gasteiger partial charge on any atom is -0.345 e. The molecule has 0 aliphatic carbocycles. The standard InChI is InChI=1S/C13H17N3O/c1-9(2)6-13(17)16(3)10-4-5-11-12(7-10)15-8-14-11/h4-5,7-9H,6H2,1-3H3,(H,14,15). The summed E-state index contributed by atoms with van der Waals surface area (Å²) in [4.78, 5) is 20.8. The summed E-state index contributed by atoms with van der Waals surface area (Å²) in [5.74, 6) is 0.514. The summed E-state index contributed by atoms with van der Waals surface area (Å²) in [5, 5.41) is 0. The number of amides is 1. The van der Waals surface area contributed by atoms with Crippen LogP contribution in [0.5, 0.6) is 0 Å². The maximum Gasteiger partial charge on any atom is 0.226 e. The highest BCUT2D eigenvalue weighted by Gasteiger charge is 2.13. The first-order valence-electron chi connectivity index (χ1n) is 5.77. The Balaban J connectivity index is 2.23. The second-order valence-corrected chi connectivity index (χ2v) is 4.65. The summed E-state index contributed by atoms with van der Waals surface area (Å²) in [5.41, 5.74) is 2.76. The summed E-state index contributed by atoms with van der Waals surface area (Å²) in [7, 11) is 1.81. The molecule has 0 bridgehead atoms. The zero-order valence-electron chi connectivity index (χ0n) is 10.4. The van der Waals surface area contributed by atoms with Gasteiger partial charge in [0.2, 0.25) is 5.91 Å². The molecule has 0 atom stereocenters. The van der Waals surface area contributed by atoms with Crippen molar-refractivity contribution in [2.45, 2.75) is 20.3 Å². The lowest BCUT2D eigenvalue weighted by molar-refractivity contribution is -0.119. The van der Waals surface area contributed by atoms with Gasteiger partial charge in [-0.25, -0.2) is 4.98 Å². The highest BCUT2D eigenvalue weighted by atomic mass is 16.2. The van der Waals surface area contributed by atoms with E-state index in [0.717, 1.165) is 16.7 Å². The number of aromatic amines is 1. The Labute approximate surface area is 101 Å². The molecule has 1 N–H and O–H groups in total. The number of hydrogen-bond donors (Lipinski definition) is 1. The minimum atomic E-state index is 0.138. The van der Waals surface area contributed by atoms with E-state index in [9.17, 15) is 4.79 Å². The van der Waals surface area contributed by atoms with Gasteiger partial charge in [-0.3, -0.25) is 4.79 Å². The molecule has 0 fully saturated rings. The summed E-state index contributed by atoms with van der Waals surface area (Å²) < 4.78 is 0. The monoisotopic (exact) mass is 231 g/mol. The van der Waals surface area contributed by atoms with Gasteiger partial charge < -0.3 is 9.88 Å². The van der Waals surface area contributed by atoms with Crippen LogP contribution in [0.1, 0.15) is 20.3 Å². The Morgan fingerprint density at radius 2 is 2.24 bits per heavy atom. The van der Waals surface area contributed by atoms with E-state index in [2.05, 4.69) is 9.97 Å². The van der Waals surface area contributed by atoms with Crippen molar-refractivity contribution >= 4 is 22.6 Å². The smallest absolute Gasteiger partial charge is 0.226 e. The minimum absolute atomic E-state index is 0.138. The van der Waals surface area contributed by atoms with Crippen LogP contribution in [-0.2, 0) is 4.79 Å². The second-order valence-electron chi connectivity index (χ2n) is 4.65. The number of imidazole rings is 1. The van der Waals surface area contributed by atoms with Crippen LogP contribution in [-0.4, -0.2) is 22.9 Å². The molecule has 4 nitrogen and oxygen atoms in total. The zero-order chi connectivity index (χ0) is 12.4. The van der Waals surface area contributed by atoms with Gasteiger partial charge in [0.05, 0.1) is 17.4 Å². The van der Waals surface area contributed by atoms with Gasteiger partial charge in [0, 0.05) is 19.2 Å². The van der Waals surface area contributed by atoms with Crippen LogP contribution in [0.4, 0.5) is 5.69 Å². The molecule has 1 amide bonds. The van der Waals surface area contributed by atoms with Crippen LogP contribution >= 0.6 is 0 Å². The van der Waals surface area contributed by atoms with Crippen LogP contribution in [0.2, 0.25) is 0 Å². The molecule has 17 heavy (non-hydrogen) atoms. The molecule has 0 saturated heterocycles. The van der Waals surface area contributed by atoms with Gasteiger partial charge in [-0.05, 0) is 24.1 Å². The highest BCUT2D eigenvalue weighted by Crippen LogP contribution is 2.20. The maximum absolute atomic E-state index is 11.9. The quantitative estimate of drug-likeness (QED) is 0.882. The molecule has 1 heterocycles. The summed E-state index contributed by atoms with van der Waals surface area (Å²) in [6, 6.07) is 5.78. The van der Waals surface area contributed by atoms with E-state index in [1.165, 1.54) is 0 Å². The lowest BCUT2D eigenvalue weighted by Crippen LogP contribution is -2.27. The first kappa shape index (κ1) is 11.6. The molecule has 0 aliphatic rings. The Hall–Kier alpha value is -1.84. The Morgan fingerprint density at radius 3 is 2.94 bits per heavy atom. The second kappa shape index (κ2) is 4.57. The van der Waals surface area contributed by atoms with Crippen molar-refractivity contribution in [1.82, 2.24) is 9.97 Å². The summed E-state index contributed by atoms with van der Waals surface area (Å²) >= 11 is 0. The van der Waals surface area contributed by atoms with E-state index in [-0.39, 0.29) is 5.91 Å². The number of carbonyl (C=O) groups is 1. The number of hydrogen-bond acceptors (Lipinski definition) is 2. The zero-order valence-corrected chi connectivity index (χ0v) is 10.4. The van der Waals surface area contributed by atoms with Crippen LogP contribution in [0.3, 0.4) is 0 Å². The normalized spacial score (nSPS) is 11.1. The van der Waals surface area contributed by atoms with Gasteiger partial charge in [-0.15, -0.1) is 0 Å². The Kier molecular flexibility index (Phi) is 3.13. The van der Waals surface area contributed by atoms with Crippen molar-refractivity contribution < 1.29 is 4.79 Å². The molecule has 90 valence electrons. The average Bonchev–Trinajstić information content (AvgIpc) is 2.73. The molecule has 0 spiro atoms. The van der Waals surface area contributed by atoms with E-state index in [0.29, 0.717) is 12.3 Å². The lowest BCUT2D eigenvalue weighted by Gasteiger charge is -2.18. The summed E-state index contributed by atoms with van der Waals surface area (Å²) in [6.45, 7) is 4.09. The van der Waals surface area contributed by atoms with Crippen molar-refractivity contribution in [3.63, 3.8) is 0 Å². The average molecular weight is 231 g/mol. The fourth-order valence-electron chi connectivity index (χ4n) is 1.76. The Bertz CT molecular complexity index is 530. The first-order chi connectivity index (χ1) is 8.08. The molecule has 0 saturated carbocycles. The molecule has 0 radical (unpaired) electrons. The van der Waals surface area contributed by atoms with E-state index in [1.54, 1.807) is 11.2 Å². The van der Waals surface area contributed by atoms with Gasteiger partial charge in [0.25, 0.3) is 0 Å². The number of fused-ring (bicyclic) bond motifs is 1. The van der Waals surface area contributed by atoms with E-state index < -0.39 is 0 Å². The molecular weight excluding hydrogens is 214 g/mol. The SMILES string of the molecule is CC(C)CC(=O)N(C)c1ccc2nc[nH]c2c1. The van der Waals surface area contributed by atoms with Gasteiger partial charge in [-0.2, -0.15) is 0 Å². The van der Waals surface area contributed by atoms with Crippen molar-refractivity contribution in [3.8, 4) is 0 Å². The molecule has 2 rings (SSSR count). The fraction of sp³-hybridized carbons (Fsp3) is 0.385. The van der Waals surface area contributed by atoms with E-state index >= 15 is 0 Å². The fourth-order valence-corrected chi connectivity index (χ4v) is 1.76. The largest absolute Gasteiger partial charge is 0.345 e. The van der Waals surface area contributed by atoms with E-state index in [1.807, 2.05) is 39.1 Å². The number of nitrogens with one attached hydrogen (secondary N) is 1. The molecule has 2 aromatic rings. The number of anilines is 1. The van der Waals surface area contributed by atoms with Crippen molar-refractivity contribution in [3.05, 3.63) is 24.5 Å². The van der Waals surface area contributed by atoms with Crippen molar-refractivity contribution in [2.75, 3.05) is 11.9 Å². The third kappa shape index (κ3) is 2.46. The van der Waals surface area contributed by atoms with E-state index in [4.69, 9.17) is 0 Å². The molecule has 0 unspecified atom stereocenters. The molecule has 4 heteroatoms. The highest BCUT2D eigenvalue weighted by molar-refractivity contribution is 5.94. The van der Waals surface area contributed by atoms with Gasteiger partial charge in [-0.1, -0.05) is 13.8 Å². The topological polar surface area (TPSA) is 49.0 Å². The Morgan fingerprint density at radius 1 is 1.47 bits per heavy atom. The van der Waals surface area contributed by atoms with Gasteiger partial charge in [0.15, 0.2) is 0 Å². The lowest BCUT2D eigenvalue weighted by atomic mass is 10.1. The van der Waals surface area contributed by atoms with Crippen LogP contribution in [0.25, 0.3) is 11.0 Å². The van der Waals surface area contributed by atoms with Crippen LogP contribution < -0.4 is 4.90 Å². The third-order valence-electron chi connectivity index (χ3n) is 2.75. The number of nitrogens with zero attached hydrogens (tertiary/aromatic N) is 2. The number of carbonyl (C=O) groups excluding carboxylic acids is 1. The predicted octanol–water partition coefficient (Wildman–Crippen LogP) is 2.57. The summed E-state index contributed by atoms with van der Waals surface area (Å²) in [6.07, 6.45) is 2.22. The van der Waals surface area contributed by atoms with Crippen molar-refractivity contribution in [1.29, 1.82) is 0 Å². The number of H-pyrrole nitrogens is 1.